The number of carbonyl (C=O) groups is 2. The molecule has 2 fully saturated rings. The molecule has 0 saturated carbocycles. The van der Waals surface area contributed by atoms with Crippen molar-refractivity contribution in [2.45, 2.75) is 12.5 Å². The van der Waals surface area contributed by atoms with Gasteiger partial charge in [-0.2, -0.15) is 0 Å². The molecule has 8 heteroatoms. The van der Waals surface area contributed by atoms with Gasteiger partial charge in [-0.25, -0.2) is 0 Å². The number of rotatable bonds is 3. The number of nitrogens with two attached hydrogens (primary N) is 1. The van der Waals surface area contributed by atoms with Gasteiger partial charge in [-0.1, -0.05) is 0 Å². The average Bonchev–Trinajstić information content (AvgIpc) is 3.05. The lowest BCUT2D eigenvalue weighted by atomic mass is 10.1. The van der Waals surface area contributed by atoms with Crippen molar-refractivity contribution in [3.63, 3.8) is 0 Å². The Morgan fingerprint density at radius 3 is 2.83 bits per heavy atom. The lowest BCUT2D eigenvalue weighted by Crippen LogP contribution is -2.26. The molecule has 2 saturated heterocycles. The quantitative estimate of drug-likeness (QED) is 0.714. The first-order chi connectivity index (χ1) is 11.0. The normalized spacial score (nSPS) is 22.8. The number of imide groups is 1. The molecule has 0 aromatic heterocycles. The van der Waals surface area contributed by atoms with E-state index in [0.717, 1.165) is 30.4 Å². The number of phenolic OH excluding ortho intramolecular Hbond substituents is 1. The molecule has 0 spiro atoms. The molecule has 3 rings (SSSR count). The lowest BCUT2D eigenvalue weighted by Gasteiger charge is -2.22. The van der Waals surface area contributed by atoms with Gasteiger partial charge in [0.05, 0.1) is 12.0 Å². The third kappa shape index (κ3) is 3.13. The fraction of sp³-hybridized carbons (Fsp3) is 0.333. The largest absolute Gasteiger partial charge is 0.504 e. The maximum Gasteiger partial charge on any atom is 0.290 e. The smallest absolute Gasteiger partial charge is 0.290 e. The minimum atomic E-state index is -0.431. The van der Waals surface area contributed by atoms with Gasteiger partial charge in [0.15, 0.2) is 11.5 Å². The number of benzene rings is 1. The number of thioether (sulfide) groups is 1. The van der Waals surface area contributed by atoms with Gasteiger partial charge in [0, 0.05) is 36.4 Å². The minimum absolute atomic E-state index is 0.0265. The van der Waals surface area contributed by atoms with Crippen LogP contribution in [0.5, 0.6) is 11.5 Å². The molecule has 2 heterocycles. The van der Waals surface area contributed by atoms with Gasteiger partial charge in [-0.15, -0.1) is 0 Å². The molecular weight excluding hydrogens is 318 g/mol. The number of ether oxygens (including phenoxy) is 1. The Morgan fingerprint density at radius 2 is 2.26 bits per heavy atom. The highest BCUT2D eigenvalue weighted by molar-refractivity contribution is 8.18. The summed E-state index contributed by atoms with van der Waals surface area (Å²) >= 11 is 0.842. The maximum atomic E-state index is 11.7. The average molecular weight is 335 g/mol. The number of carbonyl (C=O) groups excluding carboxylic acids is 2. The second-order valence-electron chi connectivity index (χ2n) is 5.43. The van der Waals surface area contributed by atoms with E-state index in [1.54, 1.807) is 12.1 Å². The van der Waals surface area contributed by atoms with Crippen LogP contribution in [0.2, 0.25) is 0 Å². The summed E-state index contributed by atoms with van der Waals surface area (Å²) in [5.74, 6) is -0.108. The zero-order chi connectivity index (χ0) is 16.6. The Kier molecular flexibility index (Phi) is 4.18. The summed E-state index contributed by atoms with van der Waals surface area (Å²) in [7, 11) is 1.48. The lowest BCUT2D eigenvalue weighted by molar-refractivity contribution is -0.115. The molecule has 122 valence electrons. The molecule has 0 bridgehead atoms. The fourth-order valence-electron chi connectivity index (χ4n) is 2.70. The molecule has 23 heavy (non-hydrogen) atoms. The number of nitrogens with one attached hydrogen (secondary N) is 1. The molecule has 7 nitrogen and oxygen atoms in total. The molecule has 1 unspecified atom stereocenters. The summed E-state index contributed by atoms with van der Waals surface area (Å²) in [6.07, 6.45) is 2.47. The molecule has 0 aliphatic carbocycles. The maximum absolute atomic E-state index is 11.7. The van der Waals surface area contributed by atoms with E-state index >= 15 is 0 Å². The minimum Gasteiger partial charge on any atom is -0.504 e. The molecule has 1 aromatic carbocycles. The highest BCUT2D eigenvalue weighted by atomic mass is 32.2. The van der Waals surface area contributed by atoms with Crippen molar-refractivity contribution in [1.82, 2.24) is 5.32 Å². The Bertz CT molecular complexity index is 704. The van der Waals surface area contributed by atoms with Crippen molar-refractivity contribution in [2.75, 3.05) is 25.1 Å². The van der Waals surface area contributed by atoms with Crippen molar-refractivity contribution >= 4 is 34.7 Å². The number of nitrogens with zero attached hydrogens (tertiary/aromatic N) is 1. The van der Waals surface area contributed by atoms with Crippen LogP contribution in [-0.2, 0) is 4.79 Å². The third-order valence-electron chi connectivity index (χ3n) is 3.82. The zero-order valence-corrected chi connectivity index (χ0v) is 13.4. The fourth-order valence-corrected chi connectivity index (χ4v) is 3.37. The number of aromatic hydroxyl groups is 1. The van der Waals surface area contributed by atoms with E-state index in [1.165, 1.54) is 13.2 Å². The van der Waals surface area contributed by atoms with Gasteiger partial charge >= 0.3 is 0 Å². The zero-order valence-electron chi connectivity index (χ0n) is 12.5. The monoisotopic (exact) mass is 335 g/mol. The van der Waals surface area contributed by atoms with Gasteiger partial charge in [-0.3, -0.25) is 14.9 Å². The topological polar surface area (TPSA) is 105 Å². The number of anilines is 1. The summed E-state index contributed by atoms with van der Waals surface area (Å²) in [6.45, 7) is 1.46. The Morgan fingerprint density at radius 1 is 1.48 bits per heavy atom. The molecule has 1 aromatic rings. The Hall–Kier alpha value is -2.19. The molecule has 2 aliphatic rings. The van der Waals surface area contributed by atoms with E-state index in [-0.39, 0.29) is 11.8 Å². The van der Waals surface area contributed by atoms with Gasteiger partial charge in [-0.05, 0) is 30.3 Å². The first kappa shape index (κ1) is 15.7. The SMILES string of the molecule is COc1cc(N2CCC(N)C2)c(/C=C2\SC(=O)NC2=O)cc1O. The second-order valence-corrected chi connectivity index (χ2v) is 6.44. The molecule has 0 radical (unpaired) electrons. The van der Waals surface area contributed by atoms with Crippen molar-refractivity contribution in [1.29, 1.82) is 0 Å². The van der Waals surface area contributed by atoms with Crippen molar-refractivity contribution < 1.29 is 19.4 Å². The van der Waals surface area contributed by atoms with Crippen LogP contribution in [0.4, 0.5) is 10.5 Å². The number of hydrogen-bond donors (Lipinski definition) is 3. The summed E-state index contributed by atoms with van der Waals surface area (Å²) < 4.78 is 5.17. The van der Waals surface area contributed by atoms with Gasteiger partial charge in [0.1, 0.15) is 0 Å². The number of phenols is 1. The van der Waals surface area contributed by atoms with E-state index < -0.39 is 11.1 Å². The van der Waals surface area contributed by atoms with Crippen LogP contribution < -0.4 is 20.7 Å². The van der Waals surface area contributed by atoms with Crippen LogP contribution in [0.15, 0.2) is 17.0 Å². The molecule has 2 amide bonds. The van der Waals surface area contributed by atoms with Gasteiger partial charge in [0.25, 0.3) is 11.1 Å². The predicted molar refractivity (Wildman–Crippen MR) is 88.6 cm³/mol. The summed E-state index contributed by atoms with van der Waals surface area (Å²) in [5.41, 5.74) is 7.42. The van der Waals surface area contributed by atoms with E-state index in [9.17, 15) is 14.7 Å². The highest BCUT2D eigenvalue weighted by Gasteiger charge is 2.27. The molecule has 4 N–H and O–H groups in total. The van der Waals surface area contributed by atoms with Gasteiger partial charge < -0.3 is 20.5 Å². The second kappa shape index (κ2) is 6.13. The van der Waals surface area contributed by atoms with E-state index in [0.29, 0.717) is 22.8 Å². The van der Waals surface area contributed by atoms with Crippen LogP contribution in [0, 0.1) is 0 Å². The van der Waals surface area contributed by atoms with Gasteiger partial charge in [0.2, 0.25) is 0 Å². The first-order valence-electron chi connectivity index (χ1n) is 7.14. The van der Waals surface area contributed by atoms with E-state index in [1.807, 2.05) is 0 Å². The van der Waals surface area contributed by atoms with Crippen LogP contribution in [-0.4, -0.2) is 42.5 Å². The predicted octanol–water partition coefficient (Wildman–Crippen LogP) is 1.26. The van der Waals surface area contributed by atoms with Crippen LogP contribution >= 0.6 is 11.8 Å². The molecular formula is C15H17N3O4S. The van der Waals surface area contributed by atoms with E-state index in [4.69, 9.17) is 10.5 Å². The number of amides is 2. The van der Waals surface area contributed by atoms with Crippen molar-refractivity contribution in [2.24, 2.45) is 5.73 Å². The highest BCUT2D eigenvalue weighted by Crippen LogP contribution is 2.38. The number of methoxy groups -OCH3 is 1. The van der Waals surface area contributed by atoms with Crippen LogP contribution in [0.3, 0.4) is 0 Å². The first-order valence-corrected chi connectivity index (χ1v) is 7.96. The summed E-state index contributed by atoms with van der Waals surface area (Å²) in [5, 5.41) is 11.8. The number of hydrogen-bond acceptors (Lipinski definition) is 7. The summed E-state index contributed by atoms with van der Waals surface area (Å²) in [4.78, 5) is 25.4. The van der Waals surface area contributed by atoms with Crippen molar-refractivity contribution in [3.05, 3.63) is 22.6 Å². The van der Waals surface area contributed by atoms with E-state index in [2.05, 4.69) is 10.2 Å². The van der Waals surface area contributed by atoms with Crippen LogP contribution in [0.25, 0.3) is 6.08 Å². The van der Waals surface area contributed by atoms with Crippen LogP contribution in [0.1, 0.15) is 12.0 Å². The Labute approximate surface area is 137 Å². The molecule has 1 atom stereocenters. The third-order valence-corrected chi connectivity index (χ3v) is 4.63. The Balaban J connectivity index is 2.04. The summed E-state index contributed by atoms with van der Waals surface area (Å²) in [6, 6.07) is 3.34. The molecule has 2 aliphatic heterocycles. The van der Waals surface area contributed by atoms with Crippen molar-refractivity contribution in [3.8, 4) is 11.5 Å². The standard InChI is InChI=1S/C15H17N3O4S/c1-22-12-6-10(18-3-2-9(16)7-18)8(4-11(12)19)5-13-14(20)17-15(21)23-13/h4-6,9,19H,2-3,7,16H2,1H3,(H,17,20,21)/b13-5-.